The molecule has 0 fully saturated rings. The summed E-state index contributed by atoms with van der Waals surface area (Å²) in [7, 11) is 0. The Hall–Kier alpha value is -1.64. The number of nitrogens with zero attached hydrogens (tertiary/aromatic N) is 2. The summed E-state index contributed by atoms with van der Waals surface area (Å²) in [5.41, 5.74) is 0.410. The summed E-state index contributed by atoms with van der Waals surface area (Å²) in [6.07, 6.45) is 4.86. The van der Waals surface area contributed by atoms with Crippen LogP contribution in [-0.4, -0.2) is 15.6 Å². The highest BCUT2D eigenvalue weighted by Gasteiger charge is 2.10. The summed E-state index contributed by atoms with van der Waals surface area (Å²) in [6, 6.07) is 9.12. The lowest BCUT2D eigenvalue weighted by molar-refractivity contribution is 0.104. The van der Waals surface area contributed by atoms with Gasteiger partial charge in [0.2, 0.25) is 5.78 Å². The Labute approximate surface area is 181 Å². The van der Waals surface area contributed by atoms with Crippen molar-refractivity contribution in [2.45, 2.75) is 20.1 Å². The van der Waals surface area contributed by atoms with E-state index in [1.54, 1.807) is 29.1 Å². The van der Waals surface area contributed by atoms with Gasteiger partial charge in [-0.1, -0.05) is 15.9 Å². The molecule has 3 rings (SSSR count). The molecule has 0 spiro atoms. The molecule has 27 heavy (non-hydrogen) atoms. The lowest BCUT2D eigenvalue weighted by atomic mass is 10.2. The van der Waals surface area contributed by atoms with Gasteiger partial charge in [-0.05, 0) is 81.3 Å². The average molecular weight is 559 g/mol. The largest absolute Gasteiger partial charge is 0.483 e. The van der Waals surface area contributed by atoms with Crippen LogP contribution in [0.3, 0.4) is 0 Å². The second-order valence-electron chi connectivity index (χ2n) is 5.55. The van der Waals surface area contributed by atoms with E-state index in [1.807, 2.05) is 25.1 Å². The molecule has 5 nitrogen and oxygen atoms in total. The van der Waals surface area contributed by atoms with Crippen molar-refractivity contribution in [3.63, 3.8) is 0 Å². The van der Waals surface area contributed by atoms with E-state index in [9.17, 15) is 4.79 Å². The van der Waals surface area contributed by atoms with E-state index in [2.05, 4.69) is 52.9 Å². The van der Waals surface area contributed by atoms with E-state index < -0.39 is 0 Å². The van der Waals surface area contributed by atoms with Crippen molar-refractivity contribution in [1.82, 2.24) is 9.78 Å². The molecule has 8 heteroatoms. The number of carbonyl (C=O) groups is 1. The minimum Gasteiger partial charge on any atom is -0.483 e. The molecule has 2 aromatic heterocycles. The summed E-state index contributed by atoms with van der Waals surface area (Å²) >= 11 is 10.4. The molecule has 0 saturated heterocycles. The van der Waals surface area contributed by atoms with Gasteiger partial charge in [0.05, 0.1) is 8.95 Å². The van der Waals surface area contributed by atoms with Crippen molar-refractivity contribution >= 4 is 59.6 Å². The quantitative estimate of drug-likeness (QED) is 0.254. The zero-order chi connectivity index (χ0) is 19.4. The predicted molar refractivity (Wildman–Crippen MR) is 114 cm³/mol. The Morgan fingerprint density at radius 2 is 1.96 bits per heavy atom. The molecule has 3 aromatic rings. The van der Waals surface area contributed by atoms with Crippen LogP contribution in [0.1, 0.15) is 28.9 Å². The van der Waals surface area contributed by atoms with Crippen LogP contribution in [0, 0.1) is 0 Å². The first-order valence-electron chi connectivity index (χ1n) is 8.08. The van der Waals surface area contributed by atoms with Crippen LogP contribution in [0.4, 0.5) is 0 Å². The van der Waals surface area contributed by atoms with Crippen molar-refractivity contribution in [1.29, 1.82) is 0 Å². The van der Waals surface area contributed by atoms with Gasteiger partial charge in [0.1, 0.15) is 29.6 Å². The second kappa shape index (κ2) is 9.03. The van der Waals surface area contributed by atoms with Gasteiger partial charge < -0.3 is 9.15 Å². The normalized spacial score (nSPS) is 11.3. The number of carbonyl (C=O) groups excluding carboxylic acids is 1. The number of aromatic nitrogens is 2. The van der Waals surface area contributed by atoms with Crippen molar-refractivity contribution in [2.24, 2.45) is 0 Å². The maximum Gasteiger partial charge on any atom is 0.206 e. The fourth-order valence-electron chi connectivity index (χ4n) is 2.28. The number of aryl methyl sites for hydroxylation is 1. The molecule has 0 aliphatic rings. The van der Waals surface area contributed by atoms with Gasteiger partial charge in [-0.25, -0.2) is 0 Å². The molecule has 0 bridgehead atoms. The van der Waals surface area contributed by atoms with E-state index in [1.165, 1.54) is 6.08 Å². The Morgan fingerprint density at radius 3 is 2.63 bits per heavy atom. The van der Waals surface area contributed by atoms with E-state index in [-0.39, 0.29) is 12.4 Å². The third-order valence-electron chi connectivity index (χ3n) is 3.62. The second-order valence-corrected chi connectivity index (χ2v) is 8.17. The van der Waals surface area contributed by atoms with Gasteiger partial charge in [-0.2, -0.15) is 5.10 Å². The Bertz CT molecular complexity index is 969. The SMILES string of the molecule is CCn1ccc(C(=O)/C=C/c2ccc(COc3c(Br)cc(Br)cc3Br)o2)n1. The number of rotatable bonds is 7. The first kappa shape index (κ1) is 20.1. The number of ketones is 1. The molecule has 140 valence electrons. The van der Waals surface area contributed by atoms with E-state index in [4.69, 9.17) is 9.15 Å². The maximum atomic E-state index is 12.1. The summed E-state index contributed by atoms with van der Waals surface area (Å²) in [5.74, 6) is 1.75. The third kappa shape index (κ3) is 5.21. The Kier molecular flexibility index (Phi) is 6.73. The summed E-state index contributed by atoms with van der Waals surface area (Å²) in [4.78, 5) is 12.1. The first-order valence-corrected chi connectivity index (χ1v) is 10.5. The molecule has 0 saturated carbocycles. The number of allylic oxidation sites excluding steroid dienone is 1. The van der Waals surface area contributed by atoms with Crippen LogP contribution in [0.5, 0.6) is 5.75 Å². The number of hydrogen-bond acceptors (Lipinski definition) is 4. The molecule has 0 N–H and O–H groups in total. The number of hydrogen-bond donors (Lipinski definition) is 0. The first-order chi connectivity index (χ1) is 13.0. The zero-order valence-electron chi connectivity index (χ0n) is 14.3. The molecule has 0 aliphatic carbocycles. The van der Waals surface area contributed by atoms with Crippen molar-refractivity contribution in [3.8, 4) is 5.75 Å². The molecule has 0 unspecified atom stereocenters. The van der Waals surface area contributed by atoms with Crippen molar-refractivity contribution in [3.05, 3.63) is 73.2 Å². The minimum absolute atomic E-state index is 0.167. The molecule has 1 aromatic carbocycles. The lowest BCUT2D eigenvalue weighted by Crippen LogP contribution is -1.99. The third-order valence-corrected chi connectivity index (χ3v) is 5.26. The van der Waals surface area contributed by atoms with Crippen molar-refractivity contribution < 1.29 is 13.9 Å². The molecule has 2 heterocycles. The molecule has 0 atom stereocenters. The molecule has 0 radical (unpaired) electrons. The number of furan rings is 1. The summed E-state index contributed by atoms with van der Waals surface area (Å²) in [5, 5.41) is 4.18. The van der Waals surface area contributed by atoms with Gasteiger partial charge in [-0.3, -0.25) is 9.48 Å². The molecule has 0 aliphatic heterocycles. The fourth-order valence-corrected chi connectivity index (χ4v) is 4.77. The molecule has 0 amide bonds. The minimum atomic E-state index is -0.167. The van der Waals surface area contributed by atoms with Crippen LogP contribution in [0.25, 0.3) is 6.08 Å². The van der Waals surface area contributed by atoms with Crippen molar-refractivity contribution in [2.75, 3.05) is 0 Å². The molecular formula is C19H15Br3N2O3. The van der Waals surface area contributed by atoms with Gasteiger partial charge in [-0.15, -0.1) is 0 Å². The highest BCUT2D eigenvalue weighted by atomic mass is 79.9. The fraction of sp³-hybridized carbons (Fsp3) is 0.158. The van der Waals surface area contributed by atoms with Gasteiger partial charge in [0.15, 0.2) is 0 Å². The maximum absolute atomic E-state index is 12.1. The monoisotopic (exact) mass is 556 g/mol. The number of ether oxygens (including phenoxy) is 1. The molecular weight excluding hydrogens is 544 g/mol. The Balaban J connectivity index is 1.62. The van der Waals surface area contributed by atoms with Crippen LogP contribution < -0.4 is 4.74 Å². The number of halogens is 3. The smallest absolute Gasteiger partial charge is 0.206 e. The van der Waals surface area contributed by atoms with Gasteiger partial charge in [0, 0.05) is 17.2 Å². The predicted octanol–water partition coefficient (Wildman–Crippen LogP) is 6.26. The van der Waals surface area contributed by atoms with E-state index >= 15 is 0 Å². The highest BCUT2D eigenvalue weighted by molar-refractivity contribution is 9.11. The van der Waals surface area contributed by atoms with Crippen LogP contribution >= 0.6 is 47.8 Å². The highest BCUT2D eigenvalue weighted by Crippen LogP contribution is 2.36. The number of benzene rings is 1. The van der Waals surface area contributed by atoms with Crippen LogP contribution in [-0.2, 0) is 13.2 Å². The average Bonchev–Trinajstić information content (AvgIpc) is 3.28. The topological polar surface area (TPSA) is 57.3 Å². The Morgan fingerprint density at radius 1 is 1.22 bits per heavy atom. The van der Waals surface area contributed by atoms with E-state index in [0.717, 1.165) is 20.0 Å². The zero-order valence-corrected chi connectivity index (χ0v) is 19.0. The standard InChI is InChI=1S/C19H15Br3N2O3/c1-2-24-8-7-17(23-24)18(25)6-5-13-3-4-14(27-13)11-26-19-15(21)9-12(20)10-16(19)22/h3-10H,2,11H2,1H3/b6-5+. The van der Waals surface area contributed by atoms with Gasteiger partial charge >= 0.3 is 0 Å². The van der Waals surface area contributed by atoms with Crippen LogP contribution in [0.2, 0.25) is 0 Å². The summed E-state index contributed by atoms with van der Waals surface area (Å²) < 4.78 is 15.8. The van der Waals surface area contributed by atoms with Gasteiger partial charge in [0.25, 0.3) is 0 Å². The van der Waals surface area contributed by atoms with Crippen LogP contribution in [0.15, 0.2) is 60.4 Å². The summed E-state index contributed by atoms with van der Waals surface area (Å²) in [6.45, 7) is 2.96. The van der Waals surface area contributed by atoms with E-state index in [0.29, 0.717) is 23.0 Å². The lowest BCUT2D eigenvalue weighted by Gasteiger charge is -2.09.